The number of ketones is 1. The van der Waals surface area contributed by atoms with Gasteiger partial charge in [0.05, 0.1) is 12.3 Å². The quantitative estimate of drug-likeness (QED) is 0.758. The first kappa shape index (κ1) is 14.3. The van der Waals surface area contributed by atoms with E-state index < -0.39 is 0 Å². The zero-order valence-corrected chi connectivity index (χ0v) is 12.2. The number of carbonyl (C=O) groups is 1. The normalized spacial score (nSPS) is 10.6. The van der Waals surface area contributed by atoms with Gasteiger partial charge in [0.25, 0.3) is 0 Å². The molecular formula is C16H20N2O2. The molecule has 1 aromatic carbocycles. The van der Waals surface area contributed by atoms with Crippen LogP contribution in [0, 0.1) is 6.92 Å². The molecule has 0 bridgehead atoms. The Morgan fingerprint density at radius 1 is 1.25 bits per heavy atom. The van der Waals surface area contributed by atoms with Gasteiger partial charge in [0.1, 0.15) is 11.4 Å². The summed E-state index contributed by atoms with van der Waals surface area (Å²) < 4.78 is 7.25. The Kier molecular flexibility index (Phi) is 4.56. The molecule has 106 valence electrons. The number of ether oxygens (including phenoxy) is 1. The molecule has 2 aromatic rings. The van der Waals surface area contributed by atoms with Crippen molar-refractivity contribution in [2.45, 2.75) is 33.7 Å². The average Bonchev–Trinajstić information content (AvgIpc) is 2.86. The molecule has 0 fully saturated rings. The fourth-order valence-electron chi connectivity index (χ4n) is 2.04. The first-order valence-corrected chi connectivity index (χ1v) is 6.97. The fraction of sp³-hybridized carbons (Fsp3) is 0.375. The van der Waals surface area contributed by atoms with Gasteiger partial charge in [0.15, 0.2) is 0 Å². The highest BCUT2D eigenvalue weighted by Crippen LogP contribution is 2.16. The van der Waals surface area contributed by atoms with Gasteiger partial charge in [-0.25, -0.2) is 0 Å². The largest absolute Gasteiger partial charge is 0.494 e. The van der Waals surface area contributed by atoms with Crippen LogP contribution in [0.3, 0.4) is 0 Å². The molecule has 0 saturated carbocycles. The molecule has 1 heterocycles. The van der Waals surface area contributed by atoms with Crippen LogP contribution >= 0.6 is 0 Å². The molecule has 0 amide bonds. The molecule has 0 radical (unpaired) electrons. The lowest BCUT2D eigenvalue weighted by molar-refractivity contribution is 0.102. The van der Waals surface area contributed by atoms with Gasteiger partial charge in [-0.1, -0.05) is 6.92 Å². The number of aryl methyl sites for hydroxylation is 2. The van der Waals surface area contributed by atoms with Crippen molar-refractivity contribution in [1.29, 1.82) is 0 Å². The van der Waals surface area contributed by atoms with Crippen molar-refractivity contribution in [2.75, 3.05) is 6.61 Å². The molecule has 0 spiro atoms. The summed E-state index contributed by atoms with van der Waals surface area (Å²) in [5, 5.41) is 4.30. The van der Waals surface area contributed by atoms with Gasteiger partial charge in [-0.2, -0.15) is 5.10 Å². The maximum absolute atomic E-state index is 12.5. The first-order valence-electron chi connectivity index (χ1n) is 6.97. The summed E-state index contributed by atoms with van der Waals surface area (Å²) in [6, 6.07) is 9.10. The Labute approximate surface area is 119 Å². The molecule has 0 N–H and O–H groups in total. The lowest BCUT2D eigenvalue weighted by Crippen LogP contribution is -2.10. The van der Waals surface area contributed by atoms with Crippen LogP contribution in [0.25, 0.3) is 0 Å². The number of nitrogens with zero attached hydrogens (tertiary/aromatic N) is 2. The molecule has 0 atom stereocenters. The van der Waals surface area contributed by atoms with Crippen LogP contribution in [-0.2, 0) is 6.54 Å². The molecule has 0 aliphatic heterocycles. The summed E-state index contributed by atoms with van der Waals surface area (Å²) in [5.74, 6) is 0.790. The number of hydrogen-bond donors (Lipinski definition) is 0. The lowest BCUT2D eigenvalue weighted by Gasteiger charge is -2.06. The maximum Gasteiger partial charge on any atom is 0.211 e. The number of hydrogen-bond acceptors (Lipinski definition) is 3. The smallest absolute Gasteiger partial charge is 0.211 e. The van der Waals surface area contributed by atoms with Gasteiger partial charge in [-0.3, -0.25) is 9.48 Å². The van der Waals surface area contributed by atoms with Crippen LogP contribution in [0.4, 0.5) is 0 Å². The van der Waals surface area contributed by atoms with Crippen LogP contribution < -0.4 is 4.74 Å². The van der Waals surface area contributed by atoms with Crippen molar-refractivity contribution in [3.63, 3.8) is 0 Å². The summed E-state index contributed by atoms with van der Waals surface area (Å²) in [6.07, 6.45) is 0.968. The molecule has 0 saturated heterocycles. The third kappa shape index (κ3) is 3.07. The number of rotatable bonds is 6. The van der Waals surface area contributed by atoms with Gasteiger partial charge in [0.2, 0.25) is 5.78 Å². The monoisotopic (exact) mass is 272 g/mol. The molecule has 0 unspecified atom stereocenters. The Morgan fingerprint density at radius 2 is 1.95 bits per heavy atom. The second kappa shape index (κ2) is 6.37. The van der Waals surface area contributed by atoms with Crippen molar-refractivity contribution in [3.8, 4) is 5.75 Å². The van der Waals surface area contributed by atoms with E-state index in [2.05, 4.69) is 12.0 Å². The van der Waals surface area contributed by atoms with Gasteiger partial charge >= 0.3 is 0 Å². The predicted octanol–water partition coefficient (Wildman–Crippen LogP) is 3.23. The highest BCUT2D eigenvalue weighted by atomic mass is 16.5. The Bertz CT molecular complexity index is 585. The Hall–Kier alpha value is -2.10. The van der Waals surface area contributed by atoms with E-state index >= 15 is 0 Å². The Balaban J connectivity index is 2.20. The highest BCUT2D eigenvalue weighted by molar-refractivity contribution is 6.08. The number of carbonyl (C=O) groups excluding carboxylic acids is 1. The van der Waals surface area contributed by atoms with E-state index in [1.165, 1.54) is 0 Å². The lowest BCUT2D eigenvalue weighted by atomic mass is 10.1. The SMILES string of the molecule is CCCOc1ccc(C(=O)c2cc(C)nn2CC)cc1. The summed E-state index contributed by atoms with van der Waals surface area (Å²) >= 11 is 0. The minimum Gasteiger partial charge on any atom is -0.494 e. The van der Waals surface area contributed by atoms with E-state index in [1.807, 2.05) is 32.0 Å². The van der Waals surface area contributed by atoms with E-state index in [4.69, 9.17) is 4.74 Å². The molecule has 0 aliphatic carbocycles. The zero-order valence-electron chi connectivity index (χ0n) is 12.2. The van der Waals surface area contributed by atoms with Gasteiger partial charge in [0, 0.05) is 12.1 Å². The average molecular weight is 272 g/mol. The summed E-state index contributed by atoms with van der Waals surface area (Å²) in [7, 11) is 0. The molecule has 4 nitrogen and oxygen atoms in total. The number of benzene rings is 1. The molecular weight excluding hydrogens is 252 g/mol. The molecule has 0 aliphatic rings. The second-order valence-electron chi connectivity index (χ2n) is 4.69. The maximum atomic E-state index is 12.5. The van der Waals surface area contributed by atoms with Crippen LogP contribution in [0.5, 0.6) is 5.75 Å². The van der Waals surface area contributed by atoms with Crippen molar-refractivity contribution in [2.24, 2.45) is 0 Å². The third-order valence-electron chi connectivity index (χ3n) is 3.02. The van der Waals surface area contributed by atoms with Crippen LogP contribution in [-0.4, -0.2) is 22.2 Å². The minimum atomic E-state index is -0.00510. The number of aromatic nitrogens is 2. The van der Waals surface area contributed by atoms with E-state index in [9.17, 15) is 4.79 Å². The summed E-state index contributed by atoms with van der Waals surface area (Å²) in [4.78, 5) is 12.5. The van der Waals surface area contributed by atoms with Gasteiger partial charge in [-0.15, -0.1) is 0 Å². The van der Waals surface area contributed by atoms with Crippen LogP contribution in [0.2, 0.25) is 0 Å². The summed E-state index contributed by atoms with van der Waals surface area (Å²) in [5.41, 5.74) is 2.15. The minimum absolute atomic E-state index is 0.00510. The standard InChI is InChI=1S/C16H20N2O2/c1-4-10-20-14-8-6-13(7-9-14)16(19)15-11-12(3)17-18(15)5-2/h6-9,11H,4-5,10H2,1-3H3. The van der Waals surface area contributed by atoms with E-state index in [0.717, 1.165) is 17.9 Å². The van der Waals surface area contributed by atoms with E-state index in [1.54, 1.807) is 16.8 Å². The van der Waals surface area contributed by atoms with Crippen LogP contribution in [0.1, 0.15) is 42.0 Å². The predicted molar refractivity (Wildman–Crippen MR) is 78.3 cm³/mol. The van der Waals surface area contributed by atoms with Crippen molar-refractivity contribution < 1.29 is 9.53 Å². The molecule has 4 heteroatoms. The Morgan fingerprint density at radius 3 is 2.55 bits per heavy atom. The first-order chi connectivity index (χ1) is 9.65. The van der Waals surface area contributed by atoms with E-state index in [0.29, 0.717) is 24.4 Å². The van der Waals surface area contributed by atoms with E-state index in [-0.39, 0.29) is 5.78 Å². The third-order valence-corrected chi connectivity index (χ3v) is 3.02. The molecule has 1 aromatic heterocycles. The topological polar surface area (TPSA) is 44.1 Å². The summed E-state index contributed by atoms with van der Waals surface area (Å²) in [6.45, 7) is 7.31. The van der Waals surface area contributed by atoms with Crippen LogP contribution in [0.15, 0.2) is 30.3 Å². The molecule has 20 heavy (non-hydrogen) atoms. The van der Waals surface area contributed by atoms with Crippen molar-refractivity contribution in [3.05, 3.63) is 47.3 Å². The van der Waals surface area contributed by atoms with Crippen molar-refractivity contribution in [1.82, 2.24) is 9.78 Å². The van der Waals surface area contributed by atoms with Gasteiger partial charge in [-0.05, 0) is 50.6 Å². The van der Waals surface area contributed by atoms with Crippen molar-refractivity contribution >= 4 is 5.78 Å². The second-order valence-corrected chi connectivity index (χ2v) is 4.69. The fourth-order valence-corrected chi connectivity index (χ4v) is 2.04. The van der Waals surface area contributed by atoms with Gasteiger partial charge < -0.3 is 4.74 Å². The molecule has 2 rings (SSSR count). The zero-order chi connectivity index (χ0) is 14.5. The highest BCUT2D eigenvalue weighted by Gasteiger charge is 2.15.